The lowest BCUT2D eigenvalue weighted by molar-refractivity contribution is -0.131. The van der Waals surface area contributed by atoms with Gasteiger partial charge in [0.1, 0.15) is 5.75 Å². The first-order valence-electron chi connectivity index (χ1n) is 11.6. The zero-order chi connectivity index (χ0) is 24.4. The van der Waals surface area contributed by atoms with Crippen LogP contribution in [0.4, 0.5) is 5.69 Å². The van der Waals surface area contributed by atoms with Gasteiger partial charge in [-0.05, 0) is 54.3 Å². The van der Waals surface area contributed by atoms with E-state index >= 15 is 0 Å². The lowest BCUT2D eigenvalue weighted by atomic mass is 10.1. The fourth-order valence-electron chi connectivity index (χ4n) is 4.33. The van der Waals surface area contributed by atoms with Crippen LogP contribution in [0.2, 0.25) is 0 Å². The van der Waals surface area contributed by atoms with Gasteiger partial charge in [0.15, 0.2) is 0 Å². The predicted octanol–water partition coefficient (Wildman–Crippen LogP) is 3.18. The monoisotopic (exact) mass is 473 g/mol. The van der Waals surface area contributed by atoms with E-state index in [2.05, 4.69) is 20.0 Å². The number of aromatic nitrogens is 3. The third kappa shape index (κ3) is 4.89. The Hall–Kier alpha value is -4.14. The number of rotatable bonds is 6. The second-order valence-corrected chi connectivity index (χ2v) is 8.68. The van der Waals surface area contributed by atoms with E-state index in [1.54, 1.807) is 13.2 Å². The van der Waals surface area contributed by atoms with Crippen LogP contribution in [-0.2, 0) is 11.2 Å². The van der Waals surface area contributed by atoms with Crippen molar-refractivity contribution in [3.8, 4) is 17.1 Å². The summed E-state index contributed by atoms with van der Waals surface area (Å²) in [5.41, 5.74) is 3.02. The third-order valence-electron chi connectivity index (χ3n) is 6.33. The first-order chi connectivity index (χ1) is 17.0. The number of benzene rings is 2. The largest absolute Gasteiger partial charge is 0.497 e. The molecule has 1 fully saturated rings. The average Bonchev–Trinajstić information content (AvgIpc) is 3.36. The van der Waals surface area contributed by atoms with E-state index in [0.717, 1.165) is 41.0 Å². The summed E-state index contributed by atoms with van der Waals surface area (Å²) in [4.78, 5) is 36.7. The number of hydrogen-bond donors (Lipinski definition) is 1. The van der Waals surface area contributed by atoms with Gasteiger partial charge in [0.05, 0.1) is 12.7 Å². The van der Waals surface area contributed by atoms with Crippen LogP contribution in [0.5, 0.6) is 5.75 Å². The second-order valence-electron chi connectivity index (χ2n) is 8.68. The summed E-state index contributed by atoms with van der Waals surface area (Å²) in [5, 5.41) is 4.86. The van der Waals surface area contributed by atoms with Gasteiger partial charge in [0.25, 0.3) is 5.56 Å². The molecule has 9 heteroatoms. The number of methoxy groups -OCH3 is 1. The molecule has 4 aromatic rings. The molecule has 35 heavy (non-hydrogen) atoms. The van der Waals surface area contributed by atoms with Crippen LogP contribution in [0.15, 0.2) is 57.8 Å². The lowest BCUT2D eigenvalue weighted by Gasteiger charge is -2.36. The number of aromatic amines is 1. The quantitative estimate of drug-likeness (QED) is 0.459. The van der Waals surface area contributed by atoms with Crippen LogP contribution in [0.1, 0.15) is 17.9 Å². The Morgan fingerprint density at radius 1 is 1.09 bits per heavy atom. The maximum absolute atomic E-state index is 12.7. The summed E-state index contributed by atoms with van der Waals surface area (Å²) >= 11 is 0. The van der Waals surface area contributed by atoms with Crippen molar-refractivity contribution >= 4 is 22.5 Å². The topological polar surface area (TPSA) is 105 Å². The summed E-state index contributed by atoms with van der Waals surface area (Å²) in [6.45, 7) is 4.83. The molecule has 3 heterocycles. The molecular formula is C26H27N5O4. The molecule has 1 saturated heterocycles. The number of piperazine rings is 1. The van der Waals surface area contributed by atoms with E-state index in [-0.39, 0.29) is 23.7 Å². The van der Waals surface area contributed by atoms with E-state index in [9.17, 15) is 9.59 Å². The molecule has 1 aliphatic rings. The van der Waals surface area contributed by atoms with E-state index < -0.39 is 0 Å². The molecule has 0 saturated carbocycles. The number of nitrogens with one attached hydrogen (secondary N) is 1. The summed E-state index contributed by atoms with van der Waals surface area (Å²) in [6.07, 6.45) is 0.604. The molecule has 1 aliphatic heterocycles. The molecule has 5 rings (SSSR count). The Kier molecular flexibility index (Phi) is 6.22. The van der Waals surface area contributed by atoms with Gasteiger partial charge in [-0.15, -0.1) is 0 Å². The predicted molar refractivity (Wildman–Crippen MR) is 133 cm³/mol. The number of carbonyl (C=O) groups excluding carboxylic acids is 1. The highest BCUT2D eigenvalue weighted by molar-refractivity contribution is 5.82. The highest BCUT2D eigenvalue weighted by Gasteiger charge is 2.22. The van der Waals surface area contributed by atoms with Gasteiger partial charge >= 0.3 is 0 Å². The lowest BCUT2D eigenvalue weighted by Crippen LogP contribution is -2.48. The van der Waals surface area contributed by atoms with Crippen LogP contribution in [0, 0.1) is 6.92 Å². The van der Waals surface area contributed by atoms with Crippen molar-refractivity contribution in [1.82, 2.24) is 20.0 Å². The Labute approximate surface area is 202 Å². The van der Waals surface area contributed by atoms with E-state index in [1.165, 1.54) is 0 Å². The number of carbonyl (C=O) groups is 1. The molecule has 0 aliphatic carbocycles. The molecule has 1 N–H and O–H groups in total. The van der Waals surface area contributed by atoms with Crippen molar-refractivity contribution in [3.05, 3.63) is 70.3 Å². The van der Waals surface area contributed by atoms with Gasteiger partial charge in [0.2, 0.25) is 17.6 Å². The number of anilines is 1. The number of fused-ring (bicyclic) bond motifs is 1. The number of pyridine rings is 1. The normalized spacial score (nSPS) is 13.9. The molecule has 0 bridgehead atoms. The van der Waals surface area contributed by atoms with Crippen LogP contribution in [0.25, 0.3) is 22.3 Å². The first-order valence-corrected chi connectivity index (χ1v) is 11.6. The molecule has 0 atom stereocenters. The van der Waals surface area contributed by atoms with E-state index in [1.807, 2.05) is 54.3 Å². The van der Waals surface area contributed by atoms with Crippen molar-refractivity contribution in [2.24, 2.45) is 0 Å². The Bertz CT molecular complexity index is 1400. The number of ether oxygens (including phenoxy) is 1. The van der Waals surface area contributed by atoms with Crippen molar-refractivity contribution in [1.29, 1.82) is 0 Å². The van der Waals surface area contributed by atoms with Gasteiger partial charge in [-0.1, -0.05) is 17.3 Å². The fraction of sp³-hybridized carbons (Fsp3) is 0.308. The molecule has 180 valence electrons. The van der Waals surface area contributed by atoms with Crippen molar-refractivity contribution in [2.45, 2.75) is 19.8 Å². The van der Waals surface area contributed by atoms with Gasteiger partial charge in [-0.3, -0.25) is 9.59 Å². The third-order valence-corrected chi connectivity index (χ3v) is 6.33. The van der Waals surface area contributed by atoms with Crippen LogP contribution in [0.3, 0.4) is 0 Å². The molecular weight excluding hydrogens is 446 g/mol. The van der Waals surface area contributed by atoms with Crippen LogP contribution in [-0.4, -0.2) is 59.2 Å². The highest BCUT2D eigenvalue weighted by atomic mass is 16.5. The highest BCUT2D eigenvalue weighted by Crippen LogP contribution is 2.21. The average molecular weight is 474 g/mol. The standard InChI is InChI=1S/C26H27N5O4/c1-17-3-4-18-16-21(26(33)27-22(18)15-17)25-28-23(35-29-25)9-10-24(32)31-13-11-30(12-14-31)19-5-7-20(34-2)8-6-19/h3-8,15-16H,9-14H2,1-2H3,(H,27,33). The molecule has 2 aromatic carbocycles. The number of aryl methyl sites for hydroxylation is 2. The summed E-state index contributed by atoms with van der Waals surface area (Å²) in [5.74, 6) is 1.45. The number of H-pyrrole nitrogens is 1. The minimum atomic E-state index is -0.277. The maximum Gasteiger partial charge on any atom is 0.259 e. The molecule has 2 aromatic heterocycles. The minimum Gasteiger partial charge on any atom is -0.497 e. The second kappa shape index (κ2) is 9.61. The molecule has 0 spiro atoms. The summed E-state index contributed by atoms with van der Waals surface area (Å²) in [7, 11) is 1.65. The van der Waals surface area contributed by atoms with Gasteiger partial charge in [-0.2, -0.15) is 4.98 Å². The maximum atomic E-state index is 12.7. The molecule has 0 unspecified atom stereocenters. The van der Waals surface area contributed by atoms with Crippen molar-refractivity contribution in [3.63, 3.8) is 0 Å². The van der Waals surface area contributed by atoms with E-state index in [0.29, 0.717) is 31.0 Å². The summed E-state index contributed by atoms with van der Waals surface area (Å²) in [6, 6.07) is 15.6. The molecule has 1 amide bonds. The van der Waals surface area contributed by atoms with Gasteiger partial charge in [0, 0.05) is 50.2 Å². The number of amides is 1. The first kappa shape index (κ1) is 22.6. The zero-order valence-electron chi connectivity index (χ0n) is 19.8. The number of hydrogen-bond acceptors (Lipinski definition) is 7. The Balaban J connectivity index is 1.17. The molecule has 0 radical (unpaired) electrons. The van der Waals surface area contributed by atoms with Crippen molar-refractivity contribution in [2.75, 3.05) is 38.2 Å². The summed E-state index contributed by atoms with van der Waals surface area (Å²) < 4.78 is 10.5. The zero-order valence-corrected chi connectivity index (χ0v) is 19.8. The SMILES string of the molecule is COc1ccc(N2CCN(C(=O)CCc3nc(-c4cc5ccc(C)cc5[nH]c4=O)no3)CC2)cc1. The Morgan fingerprint density at radius 3 is 2.60 bits per heavy atom. The smallest absolute Gasteiger partial charge is 0.259 e. The number of nitrogens with zero attached hydrogens (tertiary/aromatic N) is 4. The van der Waals surface area contributed by atoms with Crippen LogP contribution >= 0.6 is 0 Å². The van der Waals surface area contributed by atoms with Gasteiger partial charge in [-0.25, -0.2) is 0 Å². The van der Waals surface area contributed by atoms with E-state index in [4.69, 9.17) is 9.26 Å². The van der Waals surface area contributed by atoms with Crippen LogP contribution < -0.4 is 15.2 Å². The minimum absolute atomic E-state index is 0.0538. The fourth-order valence-corrected chi connectivity index (χ4v) is 4.33. The van der Waals surface area contributed by atoms with Crippen molar-refractivity contribution < 1.29 is 14.1 Å². The molecule has 9 nitrogen and oxygen atoms in total. The Morgan fingerprint density at radius 2 is 1.86 bits per heavy atom. The van der Waals surface area contributed by atoms with Gasteiger partial charge < -0.3 is 24.0 Å².